The number of imidazole rings is 1. The standard InChI is InChI=1S/C32H34N4O2/c1-2-26(37)12-4-3-5-15-29(35-31(38)19-25-20-33-28-14-9-8-13-27(25)28)32-34-21-30(36-32)24-17-16-22-10-6-7-11-23(22)18-24/h6-11,13-14,16-18,20-21,29,33H,2-5,12,15,19H2,1H3,(H,34,36)(H,35,38)/t29-/m0/s1. The highest BCUT2D eigenvalue weighted by atomic mass is 16.1. The summed E-state index contributed by atoms with van der Waals surface area (Å²) in [5.74, 6) is 1.02. The molecule has 0 bridgehead atoms. The molecule has 2 heterocycles. The number of amides is 1. The molecule has 0 fully saturated rings. The van der Waals surface area contributed by atoms with Gasteiger partial charge in [0.1, 0.15) is 11.6 Å². The van der Waals surface area contributed by atoms with Crippen LogP contribution in [-0.4, -0.2) is 26.6 Å². The molecular weight excluding hydrogens is 472 g/mol. The normalized spacial score (nSPS) is 12.1. The number of hydrogen-bond acceptors (Lipinski definition) is 3. The van der Waals surface area contributed by atoms with Gasteiger partial charge in [0.05, 0.1) is 24.4 Å². The summed E-state index contributed by atoms with van der Waals surface area (Å²) >= 11 is 0. The molecule has 6 nitrogen and oxygen atoms in total. The average molecular weight is 507 g/mol. The predicted octanol–water partition coefficient (Wildman–Crippen LogP) is 7.04. The van der Waals surface area contributed by atoms with E-state index in [1.165, 1.54) is 10.8 Å². The Morgan fingerprint density at radius 1 is 0.947 bits per heavy atom. The number of nitrogens with one attached hydrogen (secondary N) is 3. The Morgan fingerprint density at radius 2 is 1.76 bits per heavy atom. The van der Waals surface area contributed by atoms with Gasteiger partial charge in [-0.25, -0.2) is 4.98 Å². The number of carbonyl (C=O) groups excluding carboxylic acids is 2. The minimum Gasteiger partial charge on any atom is -0.361 e. The van der Waals surface area contributed by atoms with Crippen LogP contribution in [0.5, 0.6) is 0 Å². The van der Waals surface area contributed by atoms with Crippen molar-refractivity contribution in [3.8, 4) is 11.3 Å². The topological polar surface area (TPSA) is 90.6 Å². The molecule has 3 aromatic carbocycles. The third-order valence-corrected chi connectivity index (χ3v) is 7.19. The summed E-state index contributed by atoms with van der Waals surface area (Å²) in [4.78, 5) is 36.2. The van der Waals surface area contributed by atoms with E-state index in [9.17, 15) is 9.59 Å². The van der Waals surface area contributed by atoms with Crippen molar-refractivity contribution in [3.05, 3.63) is 90.5 Å². The average Bonchev–Trinajstić information content (AvgIpc) is 3.60. The highest BCUT2D eigenvalue weighted by Gasteiger charge is 2.19. The number of H-pyrrole nitrogens is 2. The van der Waals surface area contributed by atoms with Gasteiger partial charge in [-0.1, -0.05) is 74.4 Å². The summed E-state index contributed by atoms with van der Waals surface area (Å²) in [6.07, 6.45) is 8.75. The van der Waals surface area contributed by atoms with E-state index in [-0.39, 0.29) is 11.9 Å². The lowest BCUT2D eigenvalue weighted by Gasteiger charge is -2.17. The number of para-hydroxylation sites is 1. The van der Waals surface area contributed by atoms with Crippen LogP contribution in [0, 0.1) is 0 Å². The second kappa shape index (κ2) is 11.9. The lowest BCUT2D eigenvalue weighted by molar-refractivity contribution is -0.121. The van der Waals surface area contributed by atoms with Crippen LogP contribution in [0.25, 0.3) is 32.9 Å². The number of hydrogen-bond donors (Lipinski definition) is 3. The van der Waals surface area contributed by atoms with Crippen LogP contribution in [0.2, 0.25) is 0 Å². The number of rotatable bonds is 12. The molecule has 0 radical (unpaired) electrons. The maximum atomic E-state index is 13.2. The van der Waals surface area contributed by atoms with Crippen molar-refractivity contribution in [2.45, 2.75) is 57.9 Å². The molecule has 1 amide bonds. The molecular formula is C32H34N4O2. The van der Waals surface area contributed by atoms with Crippen molar-refractivity contribution in [1.82, 2.24) is 20.3 Å². The Balaban J connectivity index is 1.31. The van der Waals surface area contributed by atoms with E-state index >= 15 is 0 Å². The van der Waals surface area contributed by atoms with Crippen LogP contribution in [0.4, 0.5) is 0 Å². The monoisotopic (exact) mass is 506 g/mol. The van der Waals surface area contributed by atoms with Gasteiger partial charge in [0.25, 0.3) is 0 Å². The Bertz CT molecular complexity index is 1550. The Hall–Kier alpha value is -4.19. The Labute approximate surface area is 222 Å². The number of carbonyl (C=O) groups is 2. The van der Waals surface area contributed by atoms with E-state index in [1.807, 2.05) is 55.7 Å². The van der Waals surface area contributed by atoms with E-state index in [0.29, 0.717) is 25.0 Å². The van der Waals surface area contributed by atoms with Gasteiger partial charge in [0.15, 0.2) is 0 Å². The highest BCUT2D eigenvalue weighted by molar-refractivity contribution is 5.89. The molecule has 194 valence electrons. The van der Waals surface area contributed by atoms with Gasteiger partial charge in [-0.2, -0.15) is 0 Å². The number of Topliss-reactive ketones (excluding diaryl/α,β-unsaturated/α-hetero) is 1. The molecule has 0 saturated carbocycles. The fourth-order valence-electron chi connectivity index (χ4n) is 5.01. The number of nitrogens with zero attached hydrogens (tertiary/aromatic N) is 1. The summed E-state index contributed by atoms with van der Waals surface area (Å²) < 4.78 is 0. The van der Waals surface area contributed by atoms with Crippen LogP contribution in [0.15, 0.2) is 79.1 Å². The quantitative estimate of drug-likeness (QED) is 0.159. The molecule has 0 aliphatic heterocycles. The van der Waals surface area contributed by atoms with E-state index in [2.05, 4.69) is 50.6 Å². The van der Waals surface area contributed by atoms with Gasteiger partial charge in [0, 0.05) is 35.5 Å². The van der Waals surface area contributed by atoms with E-state index in [1.54, 1.807) is 0 Å². The number of fused-ring (bicyclic) bond motifs is 2. The zero-order valence-corrected chi connectivity index (χ0v) is 21.8. The third kappa shape index (κ3) is 6.02. The number of unbranched alkanes of at least 4 members (excludes halogenated alkanes) is 2. The zero-order chi connectivity index (χ0) is 26.3. The maximum absolute atomic E-state index is 13.2. The molecule has 0 unspecified atom stereocenters. The molecule has 5 rings (SSSR count). The molecule has 2 aromatic heterocycles. The van der Waals surface area contributed by atoms with Gasteiger partial charge < -0.3 is 15.3 Å². The first-order valence-electron chi connectivity index (χ1n) is 13.5. The van der Waals surface area contributed by atoms with Crippen LogP contribution >= 0.6 is 0 Å². The smallest absolute Gasteiger partial charge is 0.225 e. The number of benzene rings is 3. The van der Waals surface area contributed by atoms with Gasteiger partial charge >= 0.3 is 0 Å². The summed E-state index contributed by atoms with van der Waals surface area (Å²) in [6, 6.07) is 22.4. The van der Waals surface area contributed by atoms with Crippen molar-refractivity contribution >= 4 is 33.4 Å². The number of aromatic amines is 2. The zero-order valence-electron chi connectivity index (χ0n) is 21.8. The lowest BCUT2D eigenvalue weighted by atomic mass is 10.0. The van der Waals surface area contributed by atoms with Crippen LogP contribution in [-0.2, 0) is 16.0 Å². The Morgan fingerprint density at radius 3 is 2.63 bits per heavy atom. The third-order valence-electron chi connectivity index (χ3n) is 7.19. The molecule has 5 aromatic rings. The van der Waals surface area contributed by atoms with E-state index < -0.39 is 0 Å². The maximum Gasteiger partial charge on any atom is 0.225 e. The van der Waals surface area contributed by atoms with Crippen LogP contribution < -0.4 is 5.32 Å². The molecule has 3 N–H and O–H groups in total. The van der Waals surface area contributed by atoms with Crippen LogP contribution in [0.3, 0.4) is 0 Å². The summed E-state index contributed by atoms with van der Waals surface area (Å²) in [5, 5.41) is 6.66. The molecule has 0 aliphatic rings. The predicted molar refractivity (Wildman–Crippen MR) is 153 cm³/mol. The van der Waals surface area contributed by atoms with E-state index in [0.717, 1.165) is 59.2 Å². The number of ketones is 1. The van der Waals surface area contributed by atoms with Crippen molar-refractivity contribution in [1.29, 1.82) is 0 Å². The fraction of sp³-hybridized carbons (Fsp3) is 0.281. The van der Waals surface area contributed by atoms with Crippen molar-refractivity contribution in [2.24, 2.45) is 0 Å². The molecule has 1 atom stereocenters. The van der Waals surface area contributed by atoms with Crippen molar-refractivity contribution < 1.29 is 9.59 Å². The van der Waals surface area contributed by atoms with Gasteiger partial charge in [0.2, 0.25) is 5.91 Å². The van der Waals surface area contributed by atoms with Gasteiger partial charge in [-0.3, -0.25) is 9.59 Å². The first-order chi connectivity index (χ1) is 18.6. The molecule has 0 spiro atoms. The van der Waals surface area contributed by atoms with Crippen molar-refractivity contribution in [3.63, 3.8) is 0 Å². The van der Waals surface area contributed by atoms with E-state index in [4.69, 9.17) is 0 Å². The fourth-order valence-corrected chi connectivity index (χ4v) is 5.01. The van der Waals surface area contributed by atoms with Crippen molar-refractivity contribution in [2.75, 3.05) is 0 Å². The summed E-state index contributed by atoms with van der Waals surface area (Å²) in [5.41, 5.74) is 3.99. The SMILES string of the molecule is CCC(=O)CCCCC[C@H](NC(=O)Cc1c[nH]c2ccccc12)c1ncc(-c2ccc3ccccc3c2)[nH]1. The largest absolute Gasteiger partial charge is 0.361 e. The first-order valence-corrected chi connectivity index (χ1v) is 13.5. The summed E-state index contributed by atoms with van der Waals surface area (Å²) in [6.45, 7) is 1.91. The second-order valence-electron chi connectivity index (χ2n) is 9.89. The highest BCUT2D eigenvalue weighted by Crippen LogP contribution is 2.26. The first kappa shape index (κ1) is 25.5. The molecule has 38 heavy (non-hydrogen) atoms. The van der Waals surface area contributed by atoms with Gasteiger partial charge in [-0.15, -0.1) is 0 Å². The second-order valence-corrected chi connectivity index (χ2v) is 9.89. The summed E-state index contributed by atoms with van der Waals surface area (Å²) in [7, 11) is 0. The minimum absolute atomic E-state index is 0.0374. The molecule has 0 aliphatic carbocycles. The molecule has 6 heteroatoms. The minimum atomic E-state index is -0.233. The van der Waals surface area contributed by atoms with Crippen LogP contribution in [0.1, 0.15) is 62.9 Å². The Kier molecular flexibility index (Phi) is 7.98. The molecule has 0 saturated heterocycles. The van der Waals surface area contributed by atoms with Gasteiger partial charge in [-0.05, 0) is 41.3 Å². The number of aromatic nitrogens is 3. The lowest BCUT2D eigenvalue weighted by Crippen LogP contribution is -2.30.